The van der Waals surface area contributed by atoms with Gasteiger partial charge < -0.3 is 50.9 Å². The van der Waals surface area contributed by atoms with Crippen LogP contribution in [0, 0.1) is 5.41 Å². The molecular weight excluding hydrogens is 410 g/mol. The van der Waals surface area contributed by atoms with Crippen molar-refractivity contribution in [2.75, 3.05) is 13.2 Å². The number of carbonyl (C=O) groups excluding carboxylic acids is 2. The molecule has 0 unspecified atom stereocenters. The number of aliphatic hydroxyl groups is 8. The Morgan fingerprint density at radius 3 is 1.96 bits per heavy atom. The van der Waals surface area contributed by atoms with E-state index in [0.717, 1.165) is 0 Å². The summed E-state index contributed by atoms with van der Waals surface area (Å²) in [5, 5.41) is 79.3. The van der Waals surface area contributed by atoms with E-state index in [9.17, 15) is 45.3 Å². The number of nitrogens with one attached hydrogen (secondary N) is 1. The first-order valence-electron chi connectivity index (χ1n) is 8.20. The van der Waals surface area contributed by atoms with Crippen LogP contribution in [0.25, 0.3) is 0 Å². The Bertz CT molecular complexity index is 530. The summed E-state index contributed by atoms with van der Waals surface area (Å²) in [7, 11) is 0. The average molecular weight is 439 g/mol. The zero-order valence-corrected chi connectivity index (χ0v) is 14.9. The van der Waals surface area contributed by atoms with Crippen LogP contribution in [0.4, 0.5) is 0 Å². The number of carbonyl (C=O) groups is 2. The average Bonchev–Trinajstić information content (AvgIpc) is 2.62. The van der Waals surface area contributed by atoms with Crippen LogP contribution in [-0.4, -0.2) is 146 Å². The number of ether oxygens (including phenoxy) is 1. The zero-order valence-electron chi connectivity index (χ0n) is 14.9. The van der Waals surface area contributed by atoms with E-state index in [1.807, 2.05) is 0 Å². The summed E-state index contributed by atoms with van der Waals surface area (Å²) in [6.07, 6.45) is -12.9. The molecule has 0 saturated heterocycles. The molecule has 0 bridgehead atoms. The summed E-state index contributed by atoms with van der Waals surface area (Å²) in [4.78, 5) is 23.6. The van der Waals surface area contributed by atoms with E-state index in [4.69, 9.17) is 5.11 Å². The molecule has 0 aliphatic heterocycles. The number of esters is 1. The molecule has 12 nitrogen and oxygen atoms in total. The van der Waals surface area contributed by atoms with Gasteiger partial charge in [0.15, 0.2) is 12.2 Å². The van der Waals surface area contributed by atoms with Gasteiger partial charge in [-0.2, -0.15) is 0 Å². The molecule has 0 radical (unpaired) electrons. The molecule has 1 amide bonds. The van der Waals surface area contributed by atoms with E-state index in [2.05, 4.69) is 10.1 Å². The van der Waals surface area contributed by atoms with Crippen LogP contribution in [0.2, 0.25) is 0 Å². The minimum absolute atomic E-state index is 0. The predicted molar refractivity (Wildman–Crippen MR) is 94.1 cm³/mol. The van der Waals surface area contributed by atoms with Crippen LogP contribution >= 0.6 is 0 Å². The van der Waals surface area contributed by atoms with Crippen molar-refractivity contribution in [1.29, 1.82) is 0 Å². The number of rotatable bonds is 7. The van der Waals surface area contributed by atoms with Crippen molar-refractivity contribution in [2.45, 2.75) is 62.7 Å². The monoisotopic (exact) mass is 439 g/mol. The van der Waals surface area contributed by atoms with Gasteiger partial charge >= 0.3 is 43.7 Å². The number of hydrogen-bond donors (Lipinski definition) is 9. The molecule has 1 fully saturated rings. The molecule has 1 aliphatic rings. The second-order valence-corrected chi connectivity index (χ2v) is 7.18. The first-order valence-corrected chi connectivity index (χ1v) is 8.20. The Morgan fingerprint density at radius 1 is 1.07 bits per heavy atom. The minimum atomic E-state index is -3.09. The third kappa shape index (κ3) is 5.95. The van der Waals surface area contributed by atoms with Gasteiger partial charge in [0.05, 0.1) is 13.0 Å². The van der Waals surface area contributed by atoms with Crippen LogP contribution in [0.5, 0.6) is 0 Å². The first-order chi connectivity index (χ1) is 12.3. The third-order valence-corrected chi connectivity index (χ3v) is 4.50. The van der Waals surface area contributed by atoms with Crippen molar-refractivity contribution >= 4 is 49.6 Å². The van der Waals surface area contributed by atoms with Crippen molar-refractivity contribution in [3.63, 3.8) is 0 Å². The normalized spacial score (nSPS) is 34.1. The van der Waals surface area contributed by atoms with E-state index >= 15 is 0 Å². The van der Waals surface area contributed by atoms with Gasteiger partial charge in [-0.3, -0.25) is 9.59 Å². The quantitative estimate of drug-likeness (QED) is 0.103. The molecule has 1 saturated carbocycles. The second-order valence-electron chi connectivity index (χ2n) is 7.18. The summed E-state index contributed by atoms with van der Waals surface area (Å²) in [6.45, 7) is 2.06. The van der Waals surface area contributed by atoms with E-state index in [1.54, 1.807) is 0 Å². The Hall–Kier alpha value is -0.120. The maximum atomic E-state index is 11.8. The van der Waals surface area contributed by atoms with Crippen LogP contribution in [0.15, 0.2) is 0 Å². The number of aliphatic hydroxyl groups excluding tert-OH is 7. The van der Waals surface area contributed by atoms with Crippen molar-refractivity contribution in [2.24, 2.45) is 5.41 Å². The Balaban J connectivity index is 0.00000729. The summed E-state index contributed by atoms with van der Waals surface area (Å²) in [5.74, 6) is -5.17. The number of amides is 1. The molecule has 7 atom stereocenters. The topological polar surface area (TPSA) is 217 Å². The van der Waals surface area contributed by atoms with Crippen LogP contribution in [-0.2, 0) is 14.3 Å². The molecule has 13 heteroatoms. The van der Waals surface area contributed by atoms with Crippen LogP contribution < -0.4 is 5.32 Å². The molecule has 1 aliphatic carbocycles. The van der Waals surface area contributed by atoms with Crippen molar-refractivity contribution in [3.05, 3.63) is 0 Å². The van der Waals surface area contributed by atoms with Gasteiger partial charge in [-0.1, -0.05) is 13.8 Å². The van der Waals surface area contributed by atoms with Gasteiger partial charge in [0, 0.05) is 12.0 Å². The fourth-order valence-corrected chi connectivity index (χ4v) is 2.42. The van der Waals surface area contributed by atoms with Gasteiger partial charge in [-0.25, -0.2) is 0 Å². The van der Waals surface area contributed by atoms with Crippen molar-refractivity contribution in [3.8, 4) is 0 Å². The van der Waals surface area contributed by atoms with Gasteiger partial charge in [0.25, 0.3) is 5.79 Å². The molecule has 9 N–H and O–H groups in total. The van der Waals surface area contributed by atoms with Gasteiger partial charge in [0.1, 0.15) is 24.4 Å². The molecule has 28 heavy (non-hydrogen) atoms. The molecule has 0 aromatic carbocycles. The number of hydrogen-bond acceptors (Lipinski definition) is 11. The van der Waals surface area contributed by atoms with Crippen molar-refractivity contribution in [1.82, 2.24) is 5.32 Å². The van der Waals surface area contributed by atoms with Crippen molar-refractivity contribution < 1.29 is 55.2 Å². The van der Waals surface area contributed by atoms with Gasteiger partial charge in [-0.05, 0) is 0 Å². The maximum absolute atomic E-state index is 11.8. The Morgan fingerprint density at radius 2 is 1.54 bits per heavy atom. The fourth-order valence-electron chi connectivity index (χ4n) is 2.42. The van der Waals surface area contributed by atoms with E-state index in [0.29, 0.717) is 0 Å². The summed E-state index contributed by atoms with van der Waals surface area (Å²) in [6, 6.07) is 0. The molecule has 1 rings (SSSR count). The van der Waals surface area contributed by atoms with E-state index < -0.39 is 72.7 Å². The van der Waals surface area contributed by atoms with Gasteiger partial charge in [-0.15, -0.1) is 0 Å². The predicted octanol–water partition coefficient (Wildman–Crippen LogP) is -5.99. The molecule has 0 aromatic rings. The van der Waals surface area contributed by atoms with E-state index in [1.165, 1.54) is 13.8 Å². The standard InChI is InChI=1S/C15H27NO11.Ca.2H/c1-14(2,5-17)12(24)13(25)16-4-3-6(18)27-15(26)10(22)8(20)7(19)9(21)11(15)23;;;/h7-12,17,19-24,26H,3-5H2,1-2H3,(H,16,25);;;/t7-,8-,9+,10-,11-,12+,15-;;;/m1.../s1. The molecule has 0 spiro atoms. The van der Waals surface area contributed by atoms with Gasteiger partial charge in [0.2, 0.25) is 5.91 Å². The summed E-state index contributed by atoms with van der Waals surface area (Å²) in [5.41, 5.74) is -1.12. The van der Waals surface area contributed by atoms with Crippen LogP contribution in [0.3, 0.4) is 0 Å². The summed E-state index contributed by atoms with van der Waals surface area (Å²) < 4.78 is 4.55. The second kappa shape index (κ2) is 10.8. The van der Waals surface area contributed by atoms with Crippen LogP contribution in [0.1, 0.15) is 20.3 Å². The SMILES string of the molecule is CC(C)(CO)[C@@H](O)C(=O)NCCC(=O)O[C@]1(O)[C@H](O)[C@H](O)[C@@H](O)[C@H](O)[C@H]1O.[CaH2]. The Labute approximate surface area is 190 Å². The molecular formula is C15H29CaNO11. The molecule has 0 heterocycles. The van der Waals surface area contributed by atoms with E-state index in [-0.39, 0.29) is 44.3 Å². The third-order valence-electron chi connectivity index (χ3n) is 4.50. The molecule has 0 aromatic heterocycles. The molecule has 162 valence electrons. The Kier molecular flexibility index (Phi) is 10.7. The zero-order chi connectivity index (χ0) is 21.2. The first kappa shape index (κ1) is 27.9. The summed E-state index contributed by atoms with van der Waals surface area (Å²) >= 11 is 0. The fraction of sp³-hybridized carbons (Fsp3) is 0.867.